The number of hydrogen-bond donors (Lipinski definition) is 1. The quantitative estimate of drug-likeness (QED) is 0.348. The molecule has 5 aliphatic rings. The van der Waals surface area contributed by atoms with Crippen molar-refractivity contribution in [1.29, 1.82) is 5.26 Å². The topological polar surface area (TPSA) is 75.1 Å². The van der Waals surface area contributed by atoms with Crippen molar-refractivity contribution in [2.75, 3.05) is 77.5 Å². The summed E-state index contributed by atoms with van der Waals surface area (Å²) in [6, 6.07) is 15.0. The fourth-order valence-electron chi connectivity index (χ4n) is 9.56. The van der Waals surface area contributed by atoms with E-state index in [0.717, 1.165) is 88.1 Å². The maximum Gasteiger partial charge on any atom is 0.407 e. The maximum atomic E-state index is 16.2. The number of nitriles is 1. The third-order valence-corrected chi connectivity index (χ3v) is 12.1. The Labute approximate surface area is 288 Å². The van der Waals surface area contributed by atoms with Crippen LogP contribution in [0.3, 0.4) is 0 Å². The lowest BCUT2D eigenvalue weighted by Gasteiger charge is -2.54. The predicted molar refractivity (Wildman–Crippen MR) is 182 cm³/mol. The molecule has 7 rings (SSSR count). The van der Waals surface area contributed by atoms with Crippen molar-refractivity contribution >= 4 is 11.8 Å². The van der Waals surface area contributed by atoms with Crippen LogP contribution in [-0.4, -0.2) is 111 Å². The molecule has 1 saturated carbocycles. The number of amides is 1. The monoisotopic (exact) mass is 678 g/mol. The molecule has 2 aromatic carbocycles. The summed E-state index contributed by atoms with van der Waals surface area (Å²) >= 11 is 0. The number of piperidine rings is 1. The SMILES string of the molecule is COC(=O)N[C@H]1CCC[C@@H]1[C@](CN1CCC1)(c1cccc(F)c1)C1CCN(CC2(F)CN(c3ccc(C#N)c(CN4CC(F)C4)c3)C2)CC1. The number of alkyl carbamates (subject to hydrolysis) is 1. The Kier molecular flexibility index (Phi) is 9.84. The molecule has 0 unspecified atom stereocenters. The highest BCUT2D eigenvalue weighted by Crippen LogP contribution is 2.51. The molecule has 5 fully saturated rings. The van der Waals surface area contributed by atoms with Crippen LogP contribution in [0.4, 0.5) is 23.7 Å². The molecule has 4 heterocycles. The van der Waals surface area contributed by atoms with Gasteiger partial charge in [-0.3, -0.25) is 9.80 Å². The molecule has 2 aromatic rings. The van der Waals surface area contributed by atoms with Crippen LogP contribution in [-0.2, 0) is 16.7 Å². The second-order valence-corrected chi connectivity index (χ2v) is 15.3. The van der Waals surface area contributed by atoms with Crippen LogP contribution in [0, 0.1) is 29.0 Å². The maximum absolute atomic E-state index is 16.2. The van der Waals surface area contributed by atoms with Gasteiger partial charge in [0.15, 0.2) is 5.67 Å². The van der Waals surface area contributed by atoms with E-state index < -0.39 is 17.9 Å². The number of hydrogen-bond acceptors (Lipinski definition) is 7. The van der Waals surface area contributed by atoms with Gasteiger partial charge in [0.25, 0.3) is 0 Å². The van der Waals surface area contributed by atoms with E-state index in [1.165, 1.54) is 13.2 Å². The minimum atomic E-state index is -1.34. The fraction of sp³-hybridized carbons (Fsp3) is 0.632. The zero-order valence-corrected chi connectivity index (χ0v) is 28.6. The normalized spacial score (nSPS) is 26.2. The van der Waals surface area contributed by atoms with Gasteiger partial charge in [0.05, 0.1) is 31.8 Å². The Morgan fingerprint density at radius 3 is 2.45 bits per heavy atom. The molecular weight excluding hydrogens is 629 g/mol. The molecule has 0 aromatic heterocycles. The molecular formula is C38H49F3N6O2. The molecule has 49 heavy (non-hydrogen) atoms. The Morgan fingerprint density at radius 2 is 1.80 bits per heavy atom. The van der Waals surface area contributed by atoms with E-state index in [1.54, 1.807) is 12.1 Å². The summed E-state index contributed by atoms with van der Waals surface area (Å²) in [5.74, 6) is 0.145. The van der Waals surface area contributed by atoms with Gasteiger partial charge >= 0.3 is 6.09 Å². The minimum Gasteiger partial charge on any atom is -0.453 e. The van der Waals surface area contributed by atoms with E-state index >= 15 is 4.39 Å². The number of anilines is 1. The van der Waals surface area contributed by atoms with Crippen LogP contribution in [0.15, 0.2) is 42.5 Å². The zero-order valence-electron chi connectivity index (χ0n) is 28.6. The summed E-state index contributed by atoms with van der Waals surface area (Å²) in [4.78, 5) is 21.2. The highest BCUT2D eigenvalue weighted by Gasteiger charge is 2.54. The lowest BCUT2D eigenvalue weighted by molar-refractivity contribution is 0.00583. The minimum absolute atomic E-state index is 0.0562. The molecule has 0 bridgehead atoms. The number of halogens is 3. The van der Waals surface area contributed by atoms with Gasteiger partial charge < -0.3 is 19.9 Å². The molecule has 4 aliphatic heterocycles. The Morgan fingerprint density at radius 1 is 1.02 bits per heavy atom. The number of nitrogens with one attached hydrogen (secondary N) is 1. The summed E-state index contributed by atoms with van der Waals surface area (Å²) in [5, 5.41) is 12.7. The highest BCUT2D eigenvalue weighted by molar-refractivity contribution is 5.67. The van der Waals surface area contributed by atoms with Gasteiger partial charge in [-0.25, -0.2) is 18.0 Å². The summed E-state index contributed by atoms with van der Waals surface area (Å²) in [6.07, 6.45) is 4.50. The summed E-state index contributed by atoms with van der Waals surface area (Å²) < 4.78 is 49.6. The van der Waals surface area contributed by atoms with Gasteiger partial charge in [0, 0.05) is 49.9 Å². The van der Waals surface area contributed by atoms with E-state index in [1.807, 2.05) is 28.0 Å². The van der Waals surface area contributed by atoms with E-state index in [2.05, 4.69) is 27.3 Å². The van der Waals surface area contributed by atoms with Gasteiger partial charge in [-0.15, -0.1) is 0 Å². The molecule has 264 valence electrons. The molecule has 1 aliphatic carbocycles. The number of rotatable bonds is 11. The highest BCUT2D eigenvalue weighted by atomic mass is 19.1. The number of benzene rings is 2. The third-order valence-electron chi connectivity index (χ3n) is 12.1. The summed E-state index contributed by atoms with van der Waals surface area (Å²) in [5.41, 5.74) is 1.66. The van der Waals surface area contributed by atoms with Crippen molar-refractivity contribution < 1.29 is 22.7 Å². The van der Waals surface area contributed by atoms with Gasteiger partial charge in [0.2, 0.25) is 0 Å². The van der Waals surface area contributed by atoms with Gasteiger partial charge in [0.1, 0.15) is 12.0 Å². The average Bonchev–Trinajstić information content (AvgIpc) is 3.51. The Bertz CT molecular complexity index is 1530. The smallest absolute Gasteiger partial charge is 0.407 e. The van der Waals surface area contributed by atoms with Gasteiger partial charge in [-0.2, -0.15) is 5.26 Å². The average molecular weight is 679 g/mol. The number of carbonyl (C=O) groups excluding carboxylic acids is 1. The third kappa shape index (κ3) is 7.02. The first-order chi connectivity index (χ1) is 23.7. The first kappa shape index (κ1) is 34.1. The largest absolute Gasteiger partial charge is 0.453 e. The van der Waals surface area contributed by atoms with Crippen LogP contribution < -0.4 is 10.2 Å². The second-order valence-electron chi connectivity index (χ2n) is 15.3. The van der Waals surface area contributed by atoms with Crippen LogP contribution in [0.2, 0.25) is 0 Å². The molecule has 1 N–H and O–H groups in total. The van der Waals surface area contributed by atoms with E-state index in [4.69, 9.17) is 4.74 Å². The van der Waals surface area contributed by atoms with E-state index in [0.29, 0.717) is 44.8 Å². The Balaban J connectivity index is 1.04. The van der Waals surface area contributed by atoms with Crippen molar-refractivity contribution in [1.82, 2.24) is 20.0 Å². The molecule has 3 atom stereocenters. The lowest BCUT2D eigenvalue weighted by atomic mass is 9.57. The number of methoxy groups -OCH3 is 1. The van der Waals surface area contributed by atoms with Crippen molar-refractivity contribution in [3.05, 3.63) is 65.0 Å². The van der Waals surface area contributed by atoms with E-state index in [9.17, 15) is 18.8 Å². The number of carbonyl (C=O) groups is 1. The summed E-state index contributed by atoms with van der Waals surface area (Å²) in [7, 11) is 1.40. The van der Waals surface area contributed by atoms with E-state index in [-0.39, 0.29) is 29.1 Å². The van der Waals surface area contributed by atoms with Gasteiger partial charge in [-0.1, -0.05) is 18.6 Å². The summed E-state index contributed by atoms with van der Waals surface area (Å²) in [6.45, 7) is 6.64. The molecule has 1 amide bonds. The fourth-order valence-corrected chi connectivity index (χ4v) is 9.56. The van der Waals surface area contributed by atoms with Crippen molar-refractivity contribution in [2.45, 2.75) is 68.4 Å². The number of ether oxygens (including phenoxy) is 1. The second kappa shape index (κ2) is 14.1. The van der Waals surface area contributed by atoms with Crippen LogP contribution >= 0.6 is 0 Å². The van der Waals surface area contributed by atoms with Crippen molar-refractivity contribution in [3.63, 3.8) is 0 Å². The molecule has 11 heteroatoms. The van der Waals surface area contributed by atoms with Crippen molar-refractivity contribution in [2.24, 2.45) is 11.8 Å². The first-order valence-corrected chi connectivity index (χ1v) is 18.1. The standard InChI is InChI=1S/C38H49F3N6O2/c1-49-36(48)43-35-8-3-7-34(35)38(26-44-13-4-14-44,30-5-2-6-31(39)18-30)29-11-15-45(16-12-29)23-37(41)24-47(25-37)33-10-9-27(19-42)28(17-33)20-46-21-32(40)22-46/h2,5-6,9-10,17-18,29,32,34-35H,3-4,7-8,11-16,20-26H2,1H3,(H,43,48)/t34-,35-,38-/m0/s1. The van der Waals surface area contributed by atoms with Crippen molar-refractivity contribution in [3.8, 4) is 6.07 Å². The van der Waals surface area contributed by atoms with Gasteiger partial charge in [-0.05, 0) is 112 Å². The first-order valence-electron chi connectivity index (χ1n) is 18.1. The number of likely N-dealkylation sites (tertiary alicyclic amines) is 3. The number of nitrogens with zero attached hydrogens (tertiary/aromatic N) is 5. The van der Waals surface area contributed by atoms with Crippen LogP contribution in [0.1, 0.15) is 55.2 Å². The molecule has 4 saturated heterocycles. The predicted octanol–water partition coefficient (Wildman–Crippen LogP) is 5.26. The Hall–Kier alpha value is -3.33. The van der Waals surface area contributed by atoms with Crippen LogP contribution in [0.5, 0.6) is 0 Å². The molecule has 0 spiro atoms. The molecule has 0 radical (unpaired) electrons. The zero-order chi connectivity index (χ0) is 34.2. The number of alkyl halides is 2. The van der Waals surface area contributed by atoms with Crippen LogP contribution in [0.25, 0.3) is 0 Å². The lowest BCUT2D eigenvalue weighted by Crippen LogP contribution is -2.65. The molecule has 8 nitrogen and oxygen atoms in total.